The molecule has 6 heteroatoms. The summed E-state index contributed by atoms with van der Waals surface area (Å²) in [6.07, 6.45) is 0.306. The summed E-state index contributed by atoms with van der Waals surface area (Å²) in [6, 6.07) is 1.78. The summed E-state index contributed by atoms with van der Waals surface area (Å²) in [5, 5.41) is 16.4. The van der Waals surface area contributed by atoms with Crippen LogP contribution in [0.15, 0.2) is 6.07 Å². The van der Waals surface area contributed by atoms with E-state index >= 15 is 0 Å². The van der Waals surface area contributed by atoms with Crippen LogP contribution in [0.25, 0.3) is 0 Å². The number of nitrogens with one attached hydrogen (secondary N) is 3. The Morgan fingerprint density at radius 1 is 1.29 bits per heavy atom. The van der Waals surface area contributed by atoms with E-state index in [-0.39, 0.29) is 5.91 Å². The molecule has 3 N–H and O–H groups in total. The molecule has 0 radical (unpaired) electrons. The van der Waals surface area contributed by atoms with Gasteiger partial charge in [-0.15, -0.1) is 0 Å². The molecule has 0 spiro atoms. The van der Waals surface area contributed by atoms with Gasteiger partial charge in [-0.1, -0.05) is 0 Å². The van der Waals surface area contributed by atoms with E-state index in [1.54, 1.807) is 6.07 Å². The summed E-state index contributed by atoms with van der Waals surface area (Å²) in [4.78, 5) is 11.8. The lowest BCUT2D eigenvalue weighted by molar-refractivity contribution is -0.115. The average Bonchev–Trinajstić information content (AvgIpc) is 2.79. The van der Waals surface area contributed by atoms with Crippen molar-refractivity contribution >= 4 is 11.7 Å². The SMILES string of the molecule is Cc1cc(NC(=O)Cc2c(C)n[nH]c2C)n[nH]1. The predicted octanol–water partition coefficient (Wildman–Crippen LogP) is 1.24. The fourth-order valence-electron chi connectivity index (χ4n) is 1.66. The highest BCUT2D eigenvalue weighted by atomic mass is 16.1. The zero-order chi connectivity index (χ0) is 12.4. The first-order chi connectivity index (χ1) is 8.06. The van der Waals surface area contributed by atoms with Gasteiger partial charge in [0, 0.05) is 23.0 Å². The third-order valence-corrected chi connectivity index (χ3v) is 2.59. The Kier molecular flexibility index (Phi) is 2.95. The van der Waals surface area contributed by atoms with Gasteiger partial charge in [0.05, 0.1) is 12.1 Å². The molecule has 0 fully saturated rings. The number of carbonyl (C=O) groups is 1. The first-order valence-electron chi connectivity index (χ1n) is 5.38. The van der Waals surface area contributed by atoms with Gasteiger partial charge in [0.15, 0.2) is 5.82 Å². The number of anilines is 1. The van der Waals surface area contributed by atoms with Crippen LogP contribution in [0, 0.1) is 20.8 Å². The first kappa shape index (κ1) is 11.4. The maximum Gasteiger partial charge on any atom is 0.230 e. The van der Waals surface area contributed by atoms with E-state index < -0.39 is 0 Å². The molecule has 2 aromatic heterocycles. The highest BCUT2D eigenvalue weighted by Gasteiger charge is 2.12. The van der Waals surface area contributed by atoms with E-state index in [1.165, 1.54) is 0 Å². The van der Waals surface area contributed by atoms with Crippen molar-refractivity contribution < 1.29 is 4.79 Å². The van der Waals surface area contributed by atoms with Crippen molar-refractivity contribution in [1.29, 1.82) is 0 Å². The maximum atomic E-state index is 11.8. The summed E-state index contributed by atoms with van der Waals surface area (Å²) in [5.74, 6) is 0.454. The largest absolute Gasteiger partial charge is 0.309 e. The average molecular weight is 233 g/mol. The van der Waals surface area contributed by atoms with Crippen LogP contribution in [0.4, 0.5) is 5.82 Å². The number of hydrogen-bond acceptors (Lipinski definition) is 3. The molecular formula is C11H15N5O. The predicted molar refractivity (Wildman–Crippen MR) is 63.7 cm³/mol. The van der Waals surface area contributed by atoms with Crippen LogP contribution in [0.1, 0.15) is 22.6 Å². The maximum absolute atomic E-state index is 11.8. The molecule has 0 bridgehead atoms. The van der Waals surface area contributed by atoms with Crippen molar-refractivity contribution in [1.82, 2.24) is 20.4 Å². The van der Waals surface area contributed by atoms with Gasteiger partial charge in [-0.05, 0) is 20.8 Å². The summed E-state index contributed by atoms with van der Waals surface area (Å²) in [6.45, 7) is 5.67. The normalized spacial score (nSPS) is 10.5. The number of amides is 1. The van der Waals surface area contributed by atoms with E-state index in [0.29, 0.717) is 12.2 Å². The lowest BCUT2D eigenvalue weighted by Gasteiger charge is -2.01. The van der Waals surface area contributed by atoms with Crippen molar-refractivity contribution in [3.8, 4) is 0 Å². The van der Waals surface area contributed by atoms with Crippen LogP contribution >= 0.6 is 0 Å². The Morgan fingerprint density at radius 2 is 2.06 bits per heavy atom. The standard InChI is InChI=1S/C11H15N5O/c1-6-4-10(16-13-6)12-11(17)5-9-7(2)14-15-8(9)3/h4H,5H2,1-3H3,(H,14,15)(H2,12,13,16,17). The second-order valence-corrected chi connectivity index (χ2v) is 4.07. The van der Waals surface area contributed by atoms with E-state index in [1.807, 2.05) is 20.8 Å². The monoisotopic (exact) mass is 233 g/mol. The second kappa shape index (κ2) is 4.40. The van der Waals surface area contributed by atoms with Gasteiger partial charge in [0.2, 0.25) is 5.91 Å². The van der Waals surface area contributed by atoms with Crippen molar-refractivity contribution in [3.63, 3.8) is 0 Å². The topological polar surface area (TPSA) is 86.5 Å². The number of H-pyrrole nitrogens is 2. The third-order valence-electron chi connectivity index (χ3n) is 2.59. The Bertz CT molecular complexity index is 520. The molecule has 0 saturated heterocycles. The quantitative estimate of drug-likeness (QED) is 0.745. The van der Waals surface area contributed by atoms with Gasteiger partial charge in [0.1, 0.15) is 0 Å². The Hall–Kier alpha value is -2.11. The second-order valence-electron chi connectivity index (χ2n) is 4.07. The van der Waals surface area contributed by atoms with Crippen molar-refractivity contribution in [2.24, 2.45) is 0 Å². The van der Waals surface area contributed by atoms with Crippen LogP contribution in [0.5, 0.6) is 0 Å². The smallest absolute Gasteiger partial charge is 0.230 e. The molecule has 6 nitrogen and oxygen atoms in total. The van der Waals surface area contributed by atoms with Crippen LogP contribution < -0.4 is 5.32 Å². The summed E-state index contributed by atoms with van der Waals surface area (Å²) in [5.41, 5.74) is 3.64. The lowest BCUT2D eigenvalue weighted by atomic mass is 10.1. The van der Waals surface area contributed by atoms with Gasteiger partial charge < -0.3 is 5.32 Å². The molecule has 0 atom stereocenters. The van der Waals surface area contributed by atoms with Gasteiger partial charge in [-0.3, -0.25) is 15.0 Å². The van der Waals surface area contributed by atoms with Crippen LogP contribution in [0.3, 0.4) is 0 Å². The molecule has 2 aromatic rings. The highest BCUT2D eigenvalue weighted by Crippen LogP contribution is 2.11. The molecule has 0 aliphatic carbocycles. The molecule has 90 valence electrons. The lowest BCUT2D eigenvalue weighted by Crippen LogP contribution is -2.15. The van der Waals surface area contributed by atoms with Gasteiger partial charge in [-0.25, -0.2) is 0 Å². The number of aryl methyl sites for hydroxylation is 3. The van der Waals surface area contributed by atoms with E-state index in [9.17, 15) is 4.79 Å². The van der Waals surface area contributed by atoms with Crippen molar-refractivity contribution in [2.75, 3.05) is 5.32 Å². The third kappa shape index (κ3) is 2.52. The number of nitrogens with zero attached hydrogens (tertiary/aromatic N) is 2. The molecule has 0 aliphatic heterocycles. The summed E-state index contributed by atoms with van der Waals surface area (Å²) >= 11 is 0. The number of aromatic nitrogens is 4. The minimum absolute atomic E-state index is 0.0934. The Morgan fingerprint density at radius 3 is 2.59 bits per heavy atom. The summed E-state index contributed by atoms with van der Waals surface area (Å²) in [7, 11) is 0. The number of aromatic amines is 2. The molecule has 0 aromatic carbocycles. The number of rotatable bonds is 3. The number of carbonyl (C=O) groups excluding carboxylic acids is 1. The van der Waals surface area contributed by atoms with Gasteiger partial charge in [-0.2, -0.15) is 10.2 Å². The zero-order valence-electron chi connectivity index (χ0n) is 10.1. The van der Waals surface area contributed by atoms with Crippen molar-refractivity contribution in [2.45, 2.75) is 27.2 Å². The molecule has 0 unspecified atom stereocenters. The molecular weight excluding hydrogens is 218 g/mol. The van der Waals surface area contributed by atoms with Gasteiger partial charge >= 0.3 is 0 Å². The minimum atomic E-state index is -0.0934. The minimum Gasteiger partial charge on any atom is -0.309 e. The fourth-order valence-corrected chi connectivity index (χ4v) is 1.66. The van der Waals surface area contributed by atoms with Gasteiger partial charge in [0.25, 0.3) is 0 Å². The van der Waals surface area contributed by atoms with E-state index in [0.717, 1.165) is 22.6 Å². The summed E-state index contributed by atoms with van der Waals surface area (Å²) < 4.78 is 0. The zero-order valence-corrected chi connectivity index (χ0v) is 10.1. The molecule has 0 saturated carbocycles. The van der Waals surface area contributed by atoms with E-state index in [2.05, 4.69) is 25.7 Å². The van der Waals surface area contributed by atoms with Crippen LogP contribution in [0.2, 0.25) is 0 Å². The van der Waals surface area contributed by atoms with Crippen molar-refractivity contribution in [3.05, 3.63) is 28.7 Å². The Balaban J connectivity index is 2.03. The molecule has 1 amide bonds. The molecule has 2 rings (SSSR count). The fraction of sp³-hybridized carbons (Fsp3) is 0.364. The molecule has 2 heterocycles. The first-order valence-corrected chi connectivity index (χ1v) is 5.38. The van der Waals surface area contributed by atoms with Crippen LogP contribution in [-0.4, -0.2) is 26.3 Å². The molecule has 0 aliphatic rings. The Labute approximate surface area is 98.8 Å². The highest BCUT2D eigenvalue weighted by molar-refractivity contribution is 5.91. The number of hydrogen-bond donors (Lipinski definition) is 3. The van der Waals surface area contributed by atoms with E-state index in [4.69, 9.17) is 0 Å². The molecule has 17 heavy (non-hydrogen) atoms. The van der Waals surface area contributed by atoms with Crippen LogP contribution in [-0.2, 0) is 11.2 Å².